The maximum atomic E-state index is 12.0. The monoisotopic (exact) mass is 259 g/mol. The fourth-order valence-corrected chi connectivity index (χ4v) is 1.68. The highest BCUT2D eigenvalue weighted by molar-refractivity contribution is 6.04. The SMILES string of the molecule is CCCCn1nnc(NC(=O)c2ccccc2C)n1. The van der Waals surface area contributed by atoms with Gasteiger partial charge in [0.25, 0.3) is 11.9 Å². The molecule has 19 heavy (non-hydrogen) atoms. The van der Waals surface area contributed by atoms with Crippen LogP contribution in [0, 0.1) is 6.92 Å². The number of anilines is 1. The summed E-state index contributed by atoms with van der Waals surface area (Å²) >= 11 is 0. The van der Waals surface area contributed by atoms with Gasteiger partial charge < -0.3 is 0 Å². The van der Waals surface area contributed by atoms with Gasteiger partial charge in [-0.05, 0) is 30.2 Å². The van der Waals surface area contributed by atoms with Gasteiger partial charge in [0.2, 0.25) is 0 Å². The third-order valence-electron chi connectivity index (χ3n) is 2.78. The molecule has 0 spiro atoms. The molecule has 0 aliphatic rings. The summed E-state index contributed by atoms with van der Waals surface area (Å²) in [5.74, 6) is 0.0255. The molecule has 2 rings (SSSR count). The van der Waals surface area contributed by atoms with Gasteiger partial charge in [-0.15, -0.1) is 5.10 Å². The second kappa shape index (κ2) is 6.08. The van der Waals surface area contributed by atoms with Crippen molar-refractivity contribution in [2.45, 2.75) is 33.2 Å². The summed E-state index contributed by atoms with van der Waals surface area (Å²) in [4.78, 5) is 13.5. The lowest BCUT2D eigenvalue weighted by atomic mass is 10.1. The Hall–Kier alpha value is -2.24. The number of benzene rings is 1. The van der Waals surface area contributed by atoms with Gasteiger partial charge in [-0.1, -0.05) is 36.6 Å². The molecule has 0 fully saturated rings. The van der Waals surface area contributed by atoms with Crippen molar-refractivity contribution < 1.29 is 4.79 Å². The smallest absolute Gasteiger partial charge is 0.270 e. The lowest BCUT2D eigenvalue weighted by molar-refractivity contribution is 0.102. The summed E-state index contributed by atoms with van der Waals surface area (Å²) in [6, 6.07) is 7.38. The summed E-state index contributed by atoms with van der Waals surface area (Å²) in [7, 11) is 0. The largest absolute Gasteiger partial charge is 0.288 e. The first-order valence-corrected chi connectivity index (χ1v) is 6.35. The molecule has 0 bridgehead atoms. The quantitative estimate of drug-likeness (QED) is 0.891. The van der Waals surface area contributed by atoms with Crippen LogP contribution in [0.1, 0.15) is 35.7 Å². The van der Waals surface area contributed by atoms with Crippen molar-refractivity contribution in [1.82, 2.24) is 20.2 Å². The molecule has 0 aliphatic carbocycles. The van der Waals surface area contributed by atoms with Crippen LogP contribution in [-0.2, 0) is 6.54 Å². The molecule has 0 atom stereocenters. The van der Waals surface area contributed by atoms with Gasteiger partial charge in [-0.3, -0.25) is 10.1 Å². The number of unbranched alkanes of at least 4 members (excludes halogenated alkanes) is 1. The Morgan fingerprint density at radius 1 is 1.37 bits per heavy atom. The van der Waals surface area contributed by atoms with Crippen molar-refractivity contribution in [3.05, 3.63) is 35.4 Å². The van der Waals surface area contributed by atoms with E-state index in [9.17, 15) is 4.79 Å². The van der Waals surface area contributed by atoms with Crippen molar-refractivity contribution in [1.29, 1.82) is 0 Å². The molecule has 0 saturated heterocycles. The summed E-state index contributed by atoms with van der Waals surface area (Å²) in [6.45, 7) is 4.70. The second-order valence-corrected chi connectivity index (χ2v) is 4.33. The zero-order valence-electron chi connectivity index (χ0n) is 11.1. The molecule has 0 unspecified atom stereocenters. The molecule has 6 nitrogen and oxygen atoms in total. The number of hydrogen-bond donors (Lipinski definition) is 1. The number of rotatable bonds is 5. The zero-order chi connectivity index (χ0) is 13.7. The lowest BCUT2D eigenvalue weighted by Crippen LogP contribution is -2.14. The highest BCUT2D eigenvalue weighted by Crippen LogP contribution is 2.08. The molecular formula is C13H17N5O. The van der Waals surface area contributed by atoms with Crippen LogP contribution < -0.4 is 5.32 Å². The number of carbonyl (C=O) groups is 1. The minimum atomic E-state index is -0.215. The molecule has 1 amide bonds. The molecule has 100 valence electrons. The van der Waals surface area contributed by atoms with E-state index in [1.807, 2.05) is 25.1 Å². The van der Waals surface area contributed by atoms with Gasteiger partial charge in [-0.25, -0.2) is 0 Å². The second-order valence-electron chi connectivity index (χ2n) is 4.33. The Labute approximate surface area is 111 Å². The fraction of sp³-hybridized carbons (Fsp3) is 0.385. The van der Waals surface area contributed by atoms with Crippen LogP contribution in [0.5, 0.6) is 0 Å². The summed E-state index contributed by atoms with van der Waals surface area (Å²) < 4.78 is 0. The molecule has 6 heteroatoms. The molecule has 1 heterocycles. The standard InChI is InChI=1S/C13H17N5O/c1-3-4-9-18-16-13(15-17-18)14-12(19)11-8-6-5-7-10(11)2/h5-8H,3-4,9H2,1-2H3,(H,14,16,19). The highest BCUT2D eigenvalue weighted by Gasteiger charge is 2.11. The number of aromatic nitrogens is 4. The van der Waals surface area contributed by atoms with E-state index in [0.717, 1.165) is 18.4 Å². The number of hydrogen-bond acceptors (Lipinski definition) is 4. The number of tetrazole rings is 1. The van der Waals surface area contributed by atoms with Crippen LogP contribution >= 0.6 is 0 Å². The summed E-state index contributed by atoms with van der Waals surface area (Å²) in [6.07, 6.45) is 2.05. The highest BCUT2D eigenvalue weighted by atomic mass is 16.1. The lowest BCUT2D eigenvalue weighted by Gasteiger charge is -2.03. The molecule has 1 aromatic heterocycles. The Morgan fingerprint density at radius 3 is 2.89 bits per heavy atom. The van der Waals surface area contributed by atoms with Crippen LogP contribution in [0.25, 0.3) is 0 Å². The van der Waals surface area contributed by atoms with Gasteiger partial charge in [0.05, 0.1) is 6.54 Å². The van der Waals surface area contributed by atoms with E-state index in [1.54, 1.807) is 6.07 Å². The van der Waals surface area contributed by atoms with Gasteiger partial charge in [-0.2, -0.15) is 4.80 Å². The topological polar surface area (TPSA) is 72.7 Å². The Kier molecular flexibility index (Phi) is 4.22. The van der Waals surface area contributed by atoms with Crippen molar-refractivity contribution in [3.8, 4) is 0 Å². The minimum absolute atomic E-state index is 0.215. The van der Waals surface area contributed by atoms with Gasteiger partial charge in [0, 0.05) is 5.56 Å². The van der Waals surface area contributed by atoms with E-state index in [-0.39, 0.29) is 11.9 Å². The average molecular weight is 259 g/mol. The van der Waals surface area contributed by atoms with Gasteiger partial charge >= 0.3 is 0 Å². The molecule has 2 aromatic rings. The van der Waals surface area contributed by atoms with E-state index in [2.05, 4.69) is 27.7 Å². The summed E-state index contributed by atoms with van der Waals surface area (Å²) in [5, 5.41) is 14.5. The normalized spacial score (nSPS) is 10.4. The van der Waals surface area contributed by atoms with Crippen LogP contribution in [0.3, 0.4) is 0 Å². The van der Waals surface area contributed by atoms with Crippen molar-refractivity contribution in [3.63, 3.8) is 0 Å². The number of nitrogens with zero attached hydrogens (tertiary/aromatic N) is 4. The summed E-state index contributed by atoms with van der Waals surface area (Å²) in [5.41, 5.74) is 1.53. The van der Waals surface area contributed by atoms with E-state index in [0.29, 0.717) is 12.1 Å². The van der Waals surface area contributed by atoms with Gasteiger partial charge in [0.15, 0.2) is 0 Å². The first-order valence-electron chi connectivity index (χ1n) is 6.35. The average Bonchev–Trinajstić information content (AvgIpc) is 2.84. The fourth-order valence-electron chi connectivity index (χ4n) is 1.68. The maximum absolute atomic E-state index is 12.0. The van der Waals surface area contributed by atoms with E-state index in [1.165, 1.54) is 4.80 Å². The van der Waals surface area contributed by atoms with Crippen LogP contribution in [0.2, 0.25) is 0 Å². The Balaban J connectivity index is 2.03. The predicted octanol–water partition coefficient (Wildman–Crippen LogP) is 2.03. The van der Waals surface area contributed by atoms with Crippen molar-refractivity contribution in [2.75, 3.05) is 5.32 Å². The number of amides is 1. The van der Waals surface area contributed by atoms with Crippen LogP contribution in [0.15, 0.2) is 24.3 Å². The van der Waals surface area contributed by atoms with Crippen molar-refractivity contribution in [2.24, 2.45) is 0 Å². The van der Waals surface area contributed by atoms with E-state index in [4.69, 9.17) is 0 Å². The zero-order valence-corrected chi connectivity index (χ0v) is 11.1. The van der Waals surface area contributed by atoms with Gasteiger partial charge in [0.1, 0.15) is 0 Å². The molecule has 0 saturated carbocycles. The Morgan fingerprint density at radius 2 is 2.16 bits per heavy atom. The number of carbonyl (C=O) groups excluding carboxylic acids is 1. The minimum Gasteiger partial charge on any atom is -0.288 e. The van der Waals surface area contributed by atoms with Crippen LogP contribution in [-0.4, -0.2) is 26.1 Å². The molecular weight excluding hydrogens is 242 g/mol. The Bertz CT molecular complexity index is 564. The number of nitrogens with one attached hydrogen (secondary N) is 1. The number of aryl methyl sites for hydroxylation is 2. The molecule has 1 N–H and O–H groups in total. The third-order valence-corrected chi connectivity index (χ3v) is 2.78. The maximum Gasteiger partial charge on any atom is 0.270 e. The first-order chi connectivity index (χ1) is 9.20. The van der Waals surface area contributed by atoms with E-state index < -0.39 is 0 Å². The first kappa shape index (κ1) is 13.2. The third kappa shape index (κ3) is 3.37. The van der Waals surface area contributed by atoms with E-state index >= 15 is 0 Å². The molecule has 1 aromatic carbocycles. The van der Waals surface area contributed by atoms with Crippen molar-refractivity contribution >= 4 is 11.9 Å². The molecule has 0 aliphatic heterocycles. The predicted molar refractivity (Wildman–Crippen MR) is 71.9 cm³/mol. The van der Waals surface area contributed by atoms with Crippen LogP contribution in [0.4, 0.5) is 5.95 Å². The molecule has 0 radical (unpaired) electrons.